The molecule has 2 aliphatic carbocycles. The van der Waals surface area contributed by atoms with Crippen LogP contribution in [0.5, 0.6) is 0 Å². The molecule has 2 aliphatic heterocycles. The molecule has 10 heteroatoms. The van der Waals surface area contributed by atoms with Crippen molar-refractivity contribution in [1.82, 2.24) is 14.7 Å². The summed E-state index contributed by atoms with van der Waals surface area (Å²) in [5.74, 6) is -2.40. The normalized spacial score (nSPS) is 26.3. The van der Waals surface area contributed by atoms with Crippen LogP contribution in [0.25, 0.3) is 0 Å². The Morgan fingerprint density at radius 3 is 2.37 bits per heavy atom. The quantitative estimate of drug-likeness (QED) is 0.332. The Hall–Kier alpha value is -2.23. The van der Waals surface area contributed by atoms with Gasteiger partial charge >= 0.3 is 17.8 Å². The Kier molecular flexibility index (Phi) is 5.69. The molecule has 2 heterocycles. The number of nitrogens with zero attached hydrogens (tertiary/aromatic N) is 3. The monoisotopic (exact) mass is 437 g/mol. The summed E-state index contributed by atoms with van der Waals surface area (Å²) in [6.45, 7) is -0.386. The molecule has 5 amide bonds. The maximum Gasteiger partial charge on any atom is 0.334 e. The zero-order valence-corrected chi connectivity index (χ0v) is 17.7. The van der Waals surface area contributed by atoms with Crippen LogP contribution in [-0.4, -0.2) is 83.5 Å². The fourth-order valence-corrected chi connectivity index (χ4v) is 6.26. The van der Waals surface area contributed by atoms with Crippen molar-refractivity contribution in [2.75, 3.05) is 24.6 Å². The van der Waals surface area contributed by atoms with Gasteiger partial charge in [-0.3, -0.25) is 19.3 Å². The van der Waals surface area contributed by atoms with E-state index >= 15 is 0 Å². The van der Waals surface area contributed by atoms with Crippen molar-refractivity contribution in [3.05, 3.63) is 11.6 Å². The fraction of sp³-hybridized carbons (Fsp3) is 0.700. The number of carbonyl (C=O) groups excluding carboxylic acids is 4. The van der Waals surface area contributed by atoms with Crippen LogP contribution >= 0.6 is 0 Å². The first kappa shape index (κ1) is 21.0. The van der Waals surface area contributed by atoms with Crippen molar-refractivity contribution in [3.63, 3.8) is 0 Å². The van der Waals surface area contributed by atoms with Gasteiger partial charge in [0, 0.05) is 18.6 Å². The summed E-state index contributed by atoms with van der Waals surface area (Å²) in [5.41, 5.74) is 1.19. The Morgan fingerprint density at radius 2 is 1.77 bits per heavy atom. The summed E-state index contributed by atoms with van der Waals surface area (Å²) in [6.07, 6.45) is 8.75. The molecule has 4 rings (SSSR count). The predicted octanol–water partition coefficient (Wildman–Crippen LogP) is 0.846. The molecular weight excluding hydrogens is 410 g/mol. The minimum absolute atomic E-state index is 0.0395. The number of amides is 5. The highest BCUT2D eigenvalue weighted by molar-refractivity contribution is 7.91. The number of hydrogen-bond acceptors (Lipinski definition) is 6. The third kappa shape index (κ3) is 4.28. The SMILES string of the molecule is O=C1C(=O)N(CC(=O)N(C2CC2)[C@H]2CCS(=O)(=O)C2)C(=O)N1CCC1=CCCCC1. The largest absolute Gasteiger partial charge is 0.334 e. The van der Waals surface area contributed by atoms with E-state index in [1.54, 1.807) is 0 Å². The molecule has 0 spiro atoms. The van der Waals surface area contributed by atoms with E-state index in [4.69, 9.17) is 0 Å². The Labute approximate surface area is 176 Å². The van der Waals surface area contributed by atoms with E-state index < -0.39 is 46.2 Å². The third-order valence-corrected chi connectivity index (χ3v) is 8.05. The van der Waals surface area contributed by atoms with Gasteiger partial charge in [-0.1, -0.05) is 11.6 Å². The van der Waals surface area contributed by atoms with E-state index in [1.165, 1.54) is 10.5 Å². The van der Waals surface area contributed by atoms with Crippen LogP contribution in [0.4, 0.5) is 4.79 Å². The number of carbonyl (C=O) groups is 4. The number of hydrogen-bond donors (Lipinski definition) is 0. The Morgan fingerprint density at radius 1 is 1.03 bits per heavy atom. The molecule has 2 saturated heterocycles. The lowest BCUT2D eigenvalue weighted by atomic mass is 9.97. The first-order chi connectivity index (χ1) is 14.3. The van der Waals surface area contributed by atoms with Gasteiger partial charge in [-0.2, -0.15) is 0 Å². The number of urea groups is 1. The molecular formula is C20H27N3O6S. The number of allylic oxidation sites excluding steroid dienone is 1. The van der Waals surface area contributed by atoms with Crippen molar-refractivity contribution in [3.8, 4) is 0 Å². The minimum atomic E-state index is -3.17. The molecule has 4 aliphatic rings. The second kappa shape index (κ2) is 8.13. The molecule has 0 aromatic carbocycles. The van der Waals surface area contributed by atoms with E-state index in [0.717, 1.165) is 43.4 Å². The van der Waals surface area contributed by atoms with Crippen LogP contribution in [0.3, 0.4) is 0 Å². The average molecular weight is 438 g/mol. The second-order valence-corrected chi connectivity index (χ2v) is 10.8. The van der Waals surface area contributed by atoms with E-state index in [2.05, 4.69) is 6.08 Å². The molecule has 1 saturated carbocycles. The zero-order chi connectivity index (χ0) is 21.5. The lowest BCUT2D eigenvalue weighted by Crippen LogP contribution is -2.49. The van der Waals surface area contributed by atoms with Crippen molar-refractivity contribution < 1.29 is 27.6 Å². The molecule has 0 bridgehead atoms. The highest BCUT2D eigenvalue weighted by Gasteiger charge is 2.48. The highest BCUT2D eigenvalue weighted by Crippen LogP contribution is 2.32. The molecule has 164 valence electrons. The summed E-state index contributed by atoms with van der Waals surface area (Å²) < 4.78 is 23.7. The molecule has 0 unspecified atom stereocenters. The average Bonchev–Trinajstić information content (AvgIpc) is 3.44. The van der Waals surface area contributed by atoms with Crippen LogP contribution in [0.2, 0.25) is 0 Å². The van der Waals surface area contributed by atoms with Crippen LogP contribution in [0.1, 0.15) is 51.4 Å². The van der Waals surface area contributed by atoms with Gasteiger partial charge < -0.3 is 4.90 Å². The van der Waals surface area contributed by atoms with Crippen molar-refractivity contribution in [1.29, 1.82) is 0 Å². The van der Waals surface area contributed by atoms with Crippen LogP contribution < -0.4 is 0 Å². The molecule has 0 aromatic heterocycles. The van der Waals surface area contributed by atoms with E-state index in [9.17, 15) is 27.6 Å². The summed E-state index contributed by atoms with van der Waals surface area (Å²) in [5, 5.41) is 0. The molecule has 0 radical (unpaired) electrons. The maximum atomic E-state index is 12.9. The van der Waals surface area contributed by atoms with Crippen LogP contribution in [-0.2, 0) is 24.2 Å². The van der Waals surface area contributed by atoms with Gasteiger partial charge in [-0.05, 0) is 51.4 Å². The Balaban J connectivity index is 1.41. The van der Waals surface area contributed by atoms with Gasteiger partial charge in [0.25, 0.3) is 0 Å². The fourth-order valence-electron chi connectivity index (χ4n) is 4.54. The highest BCUT2D eigenvalue weighted by atomic mass is 32.2. The lowest BCUT2D eigenvalue weighted by molar-refractivity contribution is -0.145. The van der Waals surface area contributed by atoms with Crippen LogP contribution in [0.15, 0.2) is 11.6 Å². The Bertz CT molecular complexity index is 908. The van der Waals surface area contributed by atoms with Crippen molar-refractivity contribution >= 4 is 33.6 Å². The van der Waals surface area contributed by atoms with E-state index in [-0.39, 0.29) is 24.1 Å². The van der Waals surface area contributed by atoms with Gasteiger partial charge in [-0.25, -0.2) is 18.1 Å². The number of rotatable bonds is 7. The maximum absolute atomic E-state index is 12.9. The predicted molar refractivity (Wildman–Crippen MR) is 107 cm³/mol. The zero-order valence-electron chi connectivity index (χ0n) is 16.9. The first-order valence-corrected chi connectivity index (χ1v) is 12.5. The molecule has 0 aromatic rings. The molecule has 9 nitrogen and oxygen atoms in total. The summed E-state index contributed by atoms with van der Waals surface area (Å²) in [6, 6.07) is -1.23. The van der Waals surface area contributed by atoms with E-state index in [1.807, 2.05) is 0 Å². The van der Waals surface area contributed by atoms with Crippen molar-refractivity contribution in [2.45, 2.75) is 63.5 Å². The van der Waals surface area contributed by atoms with Crippen LogP contribution in [0, 0.1) is 0 Å². The topological polar surface area (TPSA) is 112 Å². The molecule has 0 N–H and O–H groups in total. The second-order valence-electron chi connectivity index (χ2n) is 8.58. The minimum Gasteiger partial charge on any atom is -0.334 e. The summed E-state index contributed by atoms with van der Waals surface area (Å²) >= 11 is 0. The van der Waals surface area contributed by atoms with Crippen molar-refractivity contribution in [2.24, 2.45) is 0 Å². The summed E-state index contributed by atoms with van der Waals surface area (Å²) in [7, 11) is -3.17. The molecule has 30 heavy (non-hydrogen) atoms. The smallest absolute Gasteiger partial charge is 0.334 e. The van der Waals surface area contributed by atoms with E-state index in [0.29, 0.717) is 17.7 Å². The van der Waals surface area contributed by atoms with Gasteiger partial charge in [0.1, 0.15) is 6.54 Å². The standard InChI is InChI=1S/C20H27N3O6S/c24-17(23(15-6-7-15)16-9-11-30(28,29)13-16)12-22-19(26)18(25)21(20(22)27)10-8-14-4-2-1-3-5-14/h4,15-16H,1-3,5-13H2/t16-/m0/s1. The van der Waals surface area contributed by atoms with Gasteiger partial charge in [0.15, 0.2) is 9.84 Å². The molecule has 1 atom stereocenters. The first-order valence-electron chi connectivity index (χ1n) is 10.6. The summed E-state index contributed by atoms with van der Waals surface area (Å²) in [4.78, 5) is 53.5. The number of sulfone groups is 1. The lowest BCUT2D eigenvalue weighted by Gasteiger charge is -2.29. The van der Waals surface area contributed by atoms with Gasteiger partial charge in [0.2, 0.25) is 5.91 Å². The van der Waals surface area contributed by atoms with Gasteiger partial charge in [0.05, 0.1) is 11.5 Å². The molecule has 3 fully saturated rings. The number of imide groups is 2. The third-order valence-electron chi connectivity index (χ3n) is 6.30. The van der Waals surface area contributed by atoms with Gasteiger partial charge in [-0.15, -0.1) is 0 Å².